The zero-order valence-electron chi connectivity index (χ0n) is 37.5. The van der Waals surface area contributed by atoms with Crippen molar-refractivity contribution in [2.24, 2.45) is 0 Å². The Morgan fingerprint density at radius 2 is 0.958 bits per heavy atom. The summed E-state index contributed by atoms with van der Waals surface area (Å²) in [6.45, 7) is 25.2. The van der Waals surface area contributed by atoms with E-state index in [9.17, 15) is 23.7 Å². The highest BCUT2D eigenvalue weighted by molar-refractivity contribution is 6.13. The minimum atomic E-state index is -4.65. The SMILES string of the molecule is [C-]#[N+]c1cc(C#N)cc(-c2ccc3c(c2)c2ccccc2n3-c2ccc(-c3c(C)cccc3C(F)(F)F)cc2-c2ccc([N+]#[C-])cc2-n2c3ccccc3c3cc(-c4cc(C#N)cc([N+]#[C-])c4)ccc32)c1. The zero-order valence-corrected chi connectivity index (χ0v) is 37.5. The van der Waals surface area contributed by atoms with Gasteiger partial charge >= 0.3 is 6.18 Å². The van der Waals surface area contributed by atoms with E-state index in [0.29, 0.717) is 72.9 Å². The van der Waals surface area contributed by atoms with Crippen molar-refractivity contribution < 1.29 is 13.2 Å². The Balaban J connectivity index is 1.22. The molecule has 71 heavy (non-hydrogen) atoms. The molecular weight excluding hydrogens is 888 g/mol. The highest BCUT2D eigenvalue weighted by Gasteiger charge is 2.34. The van der Waals surface area contributed by atoms with E-state index in [4.69, 9.17) is 19.7 Å². The first-order valence-corrected chi connectivity index (χ1v) is 22.3. The van der Waals surface area contributed by atoms with Gasteiger partial charge in [-0.15, -0.1) is 0 Å². The van der Waals surface area contributed by atoms with Crippen LogP contribution in [0.3, 0.4) is 0 Å². The van der Waals surface area contributed by atoms with E-state index in [1.54, 1.807) is 61.5 Å². The second-order valence-corrected chi connectivity index (χ2v) is 17.2. The predicted octanol–water partition coefficient (Wildman–Crippen LogP) is 17.3. The maximum Gasteiger partial charge on any atom is 0.417 e. The van der Waals surface area contributed by atoms with E-state index in [-0.39, 0.29) is 5.56 Å². The Hall–Kier alpha value is -10.2. The molecule has 2 heterocycles. The minimum absolute atomic E-state index is 0.0589. The molecule has 11 rings (SSSR count). The Kier molecular flexibility index (Phi) is 10.3. The topological polar surface area (TPSA) is 70.5 Å². The number of benzene rings is 9. The molecule has 332 valence electrons. The van der Waals surface area contributed by atoms with Crippen molar-refractivity contribution in [3.63, 3.8) is 0 Å². The molecule has 7 nitrogen and oxygen atoms in total. The Morgan fingerprint density at radius 1 is 0.437 bits per heavy atom. The normalized spacial score (nSPS) is 11.3. The van der Waals surface area contributed by atoms with Gasteiger partial charge in [0, 0.05) is 49.5 Å². The molecule has 10 heteroatoms. The van der Waals surface area contributed by atoms with E-state index in [1.165, 1.54) is 6.07 Å². The zero-order chi connectivity index (χ0) is 49.1. The number of nitriles is 2. The van der Waals surface area contributed by atoms with Gasteiger partial charge in [0.15, 0.2) is 17.1 Å². The first kappa shape index (κ1) is 43.4. The molecule has 9 aromatic carbocycles. The van der Waals surface area contributed by atoms with Crippen LogP contribution in [0.4, 0.5) is 30.2 Å². The van der Waals surface area contributed by atoms with Crippen molar-refractivity contribution in [1.82, 2.24) is 9.13 Å². The largest absolute Gasteiger partial charge is 0.417 e. The van der Waals surface area contributed by atoms with Crippen molar-refractivity contribution in [2.45, 2.75) is 13.1 Å². The van der Waals surface area contributed by atoms with Gasteiger partial charge in [-0.05, 0) is 143 Å². The van der Waals surface area contributed by atoms with Crippen LogP contribution in [0, 0.1) is 49.3 Å². The standard InChI is InChI=1S/C61H32F3N7/c1-36-10-9-13-53(61(62,63)64)60(36)41-18-23-57(70-54-14-7-5-11-47(54)50-30-39(16-21-56(50)70)42-24-37(34-65)26-45(28-42)68-3)52(32-41)49-20-19-44(67-2)33-59(49)71-55-15-8-6-12-48(55)51-31-40(17-22-58(51)71)43-25-38(35-66)27-46(29-43)69-4/h5-33H,1H3. The van der Waals surface area contributed by atoms with Gasteiger partial charge in [-0.1, -0.05) is 78.9 Å². The Morgan fingerprint density at radius 3 is 1.49 bits per heavy atom. The van der Waals surface area contributed by atoms with Crippen molar-refractivity contribution in [2.75, 3.05) is 0 Å². The summed E-state index contributed by atoms with van der Waals surface area (Å²) in [4.78, 5) is 11.1. The summed E-state index contributed by atoms with van der Waals surface area (Å²) < 4.78 is 49.1. The third kappa shape index (κ3) is 7.27. The molecule has 0 atom stereocenters. The molecule has 0 saturated carbocycles. The second kappa shape index (κ2) is 16.9. The molecule has 0 fully saturated rings. The number of hydrogen-bond acceptors (Lipinski definition) is 2. The number of hydrogen-bond donors (Lipinski definition) is 0. The van der Waals surface area contributed by atoms with Gasteiger partial charge in [0.2, 0.25) is 0 Å². The van der Waals surface area contributed by atoms with E-state index in [2.05, 4.69) is 35.8 Å². The van der Waals surface area contributed by atoms with Crippen molar-refractivity contribution >= 4 is 60.7 Å². The van der Waals surface area contributed by atoms with Crippen LogP contribution in [0.1, 0.15) is 22.3 Å². The quantitative estimate of drug-likeness (QED) is 0.156. The van der Waals surface area contributed by atoms with Crippen LogP contribution in [-0.4, -0.2) is 9.13 Å². The number of fused-ring (bicyclic) bond motifs is 6. The molecule has 0 unspecified atom stereocenters. The molecule has 0 aliphatic carbocycles. The first-order valence-electron chi connectivity index (χ1n) is 22.3. The van der Waals surface area contributed by atoms with E-state index in [1.807, 2.05) is 109 Å². The number of alkyl halides is 3. The molecule has 0 aliphatic heterocycles. The predicted molar refractivity (Wildman–Crippen MR) is 275 cm³/mol. The molecule has 0 amide bonds. The summed E-state index contributed by atoms with van der Waals surface area (Å²) in [6, 6.07) is 57.2. The first-order chi connectivity index (χ1) is 34.5. The fraction of sp³-hybridized carbons (Fsp3) is 0.0328. The average molecular weight is 920 g/mol. The third-order valence-corrected chi connectivity index (χ3v) is 13.1. The van der Waals surface area contributed by atoms with Crippen LogP contribution in [0.15, 0.2) is 176 Å². The van der Waals surface area contributed by atoms with Gasteiger partial charge in [0.25, 0.3) is 0 Å². The molecular formula is C61H32F3N7. The van der Waals surface area contributed by atoms with Crippen LogP contribution in [-0.2, 0) is 6.18 Å². The minimum Gasteiger partial charge on any atom is -0.310 e. The van der Waals surface area contributed by atoms with Crippen LogP contribution in [0.2, 0.25) is 0 Å². The summed E-state index contributed by atoms with van der Waals surface area (Å²) in [5.41, 5.74) is 10.7. The number of aryl methyl sites for hydroxylation is 1. The molecule has 11 aromatic rings. The molecule has 2 aromatic heterocycles. The lowest BCUT2D eigenvalue weighted by atomic mass is 9.91. The van der Waals surface area contributed by atoms with Crippen LogP contribution in [0.5, 0.6) is 0 Å². The van der Waals surface area contributed by atoms with Gasteiger partial charge < -0.3 is 9.13 Å². The third-order valence-electron chi connectivity index (χ3n) is 13.1. The molecule has 0 N–H and O–H groups in total. The van der Waals surface area contributed by atoms with Crippen LogP contribution >= 0.6 is 0 Å². The Bertz CT molecular complexity index is 4240. The van der Waals surface area contributed by atoms with Crippen molar-refractivity contribution in [3.8, 4) is 68.0 Å². The number of para-hydroxylation sites is 2. The summed E-state index contributed by atoms with van der Waals surface area (Å²) in [5.74, 6) is 0. The van der Waals surface area contributed by atoms with Crippen molar-refractivity contribution in [1.29, 1.82) is 10.5 Å². The fourth-order valence-corrected chi connectivity index (χ4v) is 10.0. The summed E-state index contributed by atoms with van der Waals surface area (Å²) in [5, 5.41) is 23.2. The van der Waals surface area contributed by atoms with Crippen LogP contribution < -0.4 is 0 Å². The lowest BCUT2D eigenvalue weighted by Gasteiger charge is -2.21. The second-order valence-electron chi connectivity index (χ2n) is 17.2. The lowest BCUT2D eigenvalue weighted by Crippen LogP contribution is -2.08. The van der Waals surface area contributed by atoms with E-state index < -0.39 is 11.7 Å². The number of rotatable bonds is 6. The summed E-state index contributed by atoms with van der Waals surface area (Å²) in [6.07, 6.45) is -4.65. The van der Waals surface area contributed by atoms with Gasteiger partial charge in [0.05, 0.1) is 65.2 Å². The summed E-state index contributed by atoms with van der Waals surface area (Å²) in [7, 11) is 0. The fourth-order valence-electron chi connectivity index (χ4n) is 10.0. The van der Waals surface area contributed by atoms with Crippen LogP contribution in [0.25, 0.3) is 114 Å². The Labute approximate surface area is 405 Å². The maximum absolute atomic E-state index is 15.0. The molecule has 0 saturated heterocycles. The van der Waals surface area contributed by atoms with Gasteiger partial charge in [-0.2, -0.15) is 23.7 Å². The van der Waals surface area contributed by atoms with Crippen molar-refractivity contribution in [3.05, 3.63) is 232 Å². The number of nitrogens with zero attached hydrogens (tertiary/aromatic N) is 7. The molecule has 0 aliphatic rings. The monoisotopic (exact) mass is 919 g/mol. The average Bonchev–Trinajstić information content (AvgIpc) is 3.91. The molecule has 0 radical (unpaired) electrons. The van der Waals surface area contributed by atoms with Gasteiger partial charge in [-0.3, -0.25) is 0 Å². The van der Waals surface area contributed by atoms with Gasteiger partial charge in [-0.25, -0.2) is 14.5 Å². The maximum atomic E-state index is 15.0. The van der Waals surface area contributed by atoms with E-state index in [0.717, 1.165) is 60.8 Å². The van der Waals surface area contributed by atoms with Gasteiger partial charge in [0.1, 0.15) is 0 Å². The molecule has 0 bridgehead atoms. The highest BCUT2D eigenvalue weighted by atomic mass is 19.4. The number of aromatic nitrogens is 2. The number of halogens is 3. The summed E-state index contributed by atoms with van der Waals surface area (Å²) >= 11 is 0. The smallest absolute Gasteiger partial charge is 0.310 e. The lowest BCUT2D eigenvalue weighted by molar-refractivity contribution is -0.137. The highest BCUT2D eigenvalue weighted by Crippen LogP contribution is 2.46. The van der Waals surface area contributed by atoms with E-state index >= 15 is 0 Å². The molecule has 0 spiro atoms.